The highest BCUT2D eigenvalue weighted by molar-refractivity contribution is 5.08. The third-order valence-electron chi connectivity index (χ3n) is 2.15. The summed E-state index contributed by atoms with van der Waals surface area (Å²) >= 11 is 0. The monoisotopic (exact) mass is 275 g/mol. The van der Waals surface area contributed by atoms with Crippen LogP contribution in [-0.4, -0.2) is 29.0 Å². The molecule has 0 aliphatic carbocycles. The van der Waals surface area contributed by atoms with Crippen molar-refractivity contribution in [2.24, 2.45) is 0 Å². The topological polar surface area (TPSA) is 29.9 Å². The summed E-state index contributed by atoms with van der Waals surface area (Å²) in [6, 6.07) is -0.608. The Balaban J connectivity index is 2.52. The first kappa shape index (κ1) is 14.8. The van der Waals surface area contributed by atoms with Crippen LogP contribution < -0.4 is 5.32 Å². The van der Waals surface area contributed by atoms with Gasteiger partial charge < -0.3 is 5.32 Å². The van der Waals surface area contributed by atoms with Gasteiger partial charge in [0, 0.05) is 12.7 Å². The molecule has 0 aliphatic rings. The van der Waals surface area contributed by atoms with Crippen molar-refractivity contribution in [2.75, 3.05) is 13.1 Å². The maximum atomic E-state index is 12.3. The van der Waals surface area contributed by atoms with E-state index in [-0.39, 0.29) is 6.54 Å². The second kappa shape index (κ2) is 5.17. The third-order valence-corrected chi connectivity index (χ3v) is 2.15. The Morgan fingerprint density at radius 1 is 1.28 bits per heavy atom. The zero-order valence-electron chi connectivity index (χ0n) is 9.31. The van der Waals surface area contributed by atoms with E-state index in [4.69, 9.17) is 0 Å². The smallest absolute Gasteiger partial charge is 0.307 e. The lowest BCUT2D eigenvalue weighted by Crippen LogP contribution is -2.32. The highest BCUT2D eigenvalue weighted by atomic mass is 19.4. The number of hydrogen-bond acceptors (Lipinski definition) is 2. The average molecular weight is 275 g/mol. The normalized spacial score (nSPS) is 14.8. The molecule has 0 saturated heterocycles. The summed E-state index contributed by atoms with van der Waals surface area (Å²) in [5.41, 5.74) is -0.926. The van der Waals surface area contributed by atoms with Gasteiger partial charge in [-0.05, 0) is 6.92 Å². The quantitative estimate of drug-likeness (QED) is 0.856. The molecule has 1 aromatic rings. The van der Waals surface area contributed by atoms with E-state index in [9.17, 15) is 26.3 Å². The Morgan fingerprint density at radius 3 is 2.33 bits per heavy atom. The molecule has 1 unspecified atom stereocenters. The molecule has 18 heavy (non-hydrogen) atoms. The SMILES string of the molecule is CC(CNCC(F)(F)F)n1cc(C(F)(F)F)cn1. The van der Waals surface area contributed by atoms with Crippen LogP contribution in [0.2, 0.25) is 0 Å². The summed E-state index contributed by atoms with van der Waals surface area (Å²) in [5.74, 6) is 0. The van der Waals surface area contributed by atoms with Gasteiger partial charge in [0.15, 0.2) is 0 Å². The van der Waals surface area contributed by atoms with Crippen LogP contribution in [0.3, 0.4) is 0 Å². The molecule has 1 atom stereocenters. The van der Waals surface area contributed by atoms with Crippen molar-refractivity contribution in [2.45, 2.75) is 25.3 Å². The summed E-state index contributed by atoms with van der Waals surface area (Å²) < 4.78 is 73.2. The lowest BCUT2D eigenvalue weighted by atomic mass is 10.3. The van der Waals surface area contributed by atoms with Crippen LogP contribution in [0.25, 0.3) is 0 Å². The highest BCUT2D eigenvalue weighted by Gasteiger charge is 2.32. The molecule has 1 N–H and O–H groups in total. The molecular weight excluding hydrogens is 264 g/mol. The van der Waals surface area contributed by atoms with Gasteiger partial charge in [-0.25, -0.2) is 0 Å². The van der Waals surface area contributed by atoms with Gasteiger partial charge in [0.05, 0.1) is 24.3 Å². The second-order valence-electron chi connectivity index (χ2n) is 3.80. The molecule has 1 heterocycles. The predicted molar refractivity (Wildman–Crippen MR) is 50.9 cm³/mol. The van der Waals surface area contributed by atoms with Crippen molar-refractivity contribution in [3.05, 3.63) is 18.0 Å². The van der Waals surface area contributed by atoms with Gasteiger partial charge in [-0.1, -0.05) is 0 Å². The average Bonchev–Trinajstić information content (AvgIpc) is 2.62. The highest BCUT2D eigenvalue weighted by Crippen LogP contribution is 2.29. The van der Waals surface area contributed by atoms with Crippen LogP contribution in [0.4, 0.5) is 26.3 Å². The first-order valence-electron chi connectivity index (χ1n) is 4.98. The third kappa shape index (κ3) is 4.55. The van der Waals surface area contributed by atoms with E-state index >= 15 is 0 Å². The van der Waals surface area contributed by atoms with Crippen LogP contribution >= 0.6 is 0 Å². The van der Waals surface area contributed by atoms with Crippen molar-refractivity contribution in [3.8, 4) is 0 Å². The molecule has 104 valence electrons. The van der Waals surface area contributed by atoms with Crippen LogP contribution in [0.5, 0.6) is 0 Å². The fourth-order valence-electron chi connectivity index (χ4n) is 1.24. The standard InChI is InChI=1S/C9H11F6N3/c1-6(2-16-5-8(10,11)12)18-4-7(3-17-18)9(13,14)15/h3-4,6,16H,2,5H2,1H3. The lowest BCUT2D eigenvalue weighted by molar-refractivity contribution is -0.137. The van der Waals surface area contributed by atoms with Gasteiger partial charge in [-0.3, -0.25) is 4.68 Å². The molecule has 0 saturated carbocycles. The zero-order valence-corrected chi connectivity index (χ0v) is 9.31. The van der Waals surface area contributed by atoms with E-state index in [1.54, 1.807) is 0 Å². The van der Waals surface area contributed by atoms with E-state index in [0.717, 1.165) is 10.9 Å². The van der Waals surface area contributed by atoms with Gasteiger partial charge in [-0.2, -0.15) is 31.4 Å². The van der Waals surface area contributed by atoms with Crippen molar-refractivity contribution in [1.82, 2.24) is 15.1 Å². The second-order valence-corrected chi connectivity index (χ2v) is 3.80. The molecular formula is C9H11F6N3. The van der Waals surface area contributed by atoms with E-state index in [1.807, 2.05) is 0 Å². The van der Waals surface area contributed by atoms with Crippen molar-refractivity contribution >= 4 is 0 Å². The van der Waals surface area contributed by atoms with Crippen LogP contribution in [0.15, 0.2) is 12.4 Å². The first-order chi connectivity index (χ1) is 8.09. The van der Waals surface area contributed by atoms with Gasteiger partial charge in [-0.15, -0.1) is 0 Å². The molecule has 3 nitrogen and oxygen atoms in total. The van der Waals surface area contributed by atoms with Crippen LogP contribution in [0.1, 0.15) is 18.5 Å². The van der Waals surface area contributed by atoms with E-state index in [2.05, 4.69) is 10.4 Å². The van der Waals surface area contributed by atoms with E-state index in [0.29, 0.717) is 6.20 Å². The number of halogens is 6. The van der Waals surface area contributed by atoms with Crippen LogP contribution in [0, 0.1) is 0 Å². The van der Waals surface area contributed by atoms with Crippen molar-refractivity contribution in [1.29, 1.82) is 0 Å². The van der Waals surface area contributed by atoms with E-state index in [1.165, 1.54) is 6.92 Å². The van der Waals surface area contributed by atoms with Crippen molar-refractivity contribution in [3.63, 3.8) is 0 Å². The first-order valence-corrected chi connectivity index (χ1v) is 4.98. The number of nitrogens with one attached hydrogen (secondary N) is 1. The van der Waals surface area contributed by atoms with Crippen molar-refractivity contribution < 1.29 is 26.3 Å². The molecule has 0 fully saturated rings. The minimum Gasteiger partial charge on any atom is -0.307 e. The molecule has 0 spiro atoms. The van der Waals surface area contributed by atoms with E-state index < -0.39 is 30.5 Å². The van der Waals surface area contributed by atoms with Crippen LogP contribution in [-0.2, 0) is 6.18 Å². The Labute approximate surface area is 98.8 Å². The minimum atomic E-state index is -4.50. The summed E-state index contributed by atoms with van der Waals surface area (Å²) in [7, 11) is 0. The molecule has 0 aliphatic heterocycles. The minimum absolute atomic E-state index is 0.127. The lowest BCUT2D eigenvalue weighted by Gasteiger charge is -2.14. The summed E-state index contributed by atoms with van der Waals surface area (Å²) in [5, 5.41) is 5.58. The summed E-state index contributed by atoms with van der Waals surface area (Å²) in [4.78, 5) is 0. The molecule has 0 aromatic carbocycles. The molecule has 1 aromatic heterocycles. The Bertz CT molecular complexity index is 380. The molecule has 9 heteroatoms. The Morgan fingerprint density at radius 2 is 1.89 bits per heavy atom. The maximum absolute atomic E-state index is 12.3. The van der Waals surface area contributed by atoms with Gasteiger partial charge >= 0.3 is 12.4 Å². The molecule has 1 rings (SSSR count). The molecule has 0 bridgehead atoms. The summed E-state index contributed by atoms with van der Waals surface area (Å²) in [6.07, 6.45) is -7.45. The molecule has 0 amide bonds. The number of alkyl halides is 6. The maximum Gasteiger partial charge on any atom is 0.419 e. The van der Waals surface area contributed by atoms with Gasteiger partial charge in [0.1, 0.15) is 0 Å². The number of aromatic nitrogens is 2. The number of rotatable bonds is 4. The Kier molecular flexibility index (Phi) is 4.25. The zero-order chi connectivity index (χ0) is 14.0. The predicted octanol–water partition coefficient (Wildman–Crippen LogP) is 2.61. The molecule has 0 radical (unpaired) electrons. The fraction of sp³-hybridized carbons (Fsp3) is 0.667. The van der Waals surface area contributed by atoms with Gasteiger partial charge in [0.25, 0.3) is 0 Å². The fourth-order valence-corrected chi connectivity index (χ4v) is 1.24. The number of nitrogens with zero attached hydrogens (tertiary/aromatic N) is 2. The Hall–Kier alpha value is -1.25. The largest absolute Gasteiger partial charge is 0.419 e. The van der Waals surface area contributed by atoms with Gasteiger partial charge in [0.2, 0.25) is 0 Å². The summed E-state index contributed by atoms with van der Waals surface area (Å²) in [6.45, 7) is 0.153. The number of hydrogen-bond donors (Lipinski definition) is 1.